The summed E-state index contributed by atoms with van der Waals surface area (Å²) in [6.45, 7) is 5.10. The van der Waals surface area contributed by atoms with Crippen LogP contribution in [0.15, 0.2) is 48.5 Å². The van der Waals surface area contributed by atoms with Gasteiger partial charge in [-0.15, -0.1) is 0 Å². The Bertz CT molecular complexity index is 1080. The van der Waals surface area contributed by atoms with Gasteiger partial charge in [0.1, 0.15) is 12.6 Å². The standard InChI is InChI=1S/C24H31Cl2N3O4S/c1-5-17(3)27-24(31)22(6-2)28(15-19-20(25)13-10-14-21(19)26)23(30)16-29(34(4,32)33)18-11-8-7-9-12-18/h7-14,17,22H,5-6,15-16H2,1-4H3,(H,27,31). The molecule has 0 aliphatic rings. The van der Waals surface area contributed by atoms with Crippen LogP contribution in [0.4, 0.5) is 5.69 Å². The van der Waals surface area contributed by atoms with Crippen LogP contribution in [0.2, 0.25) is 10.0 Å². The van der Waals surface area contributed by atoms with Crippen molar-refractivity contribution in [1.29, 1.82) is 0 Å². The van der Waals surface area contributed by atoms with E-state index in [1.807, 2.05) is 13.8 Å². The molecule has 7 nitrogen and oxygen atoms in total. The Kier molecular flexibility index (Phi) is 10.2. The summed E-state index contributed by atoms with van der Waals surface area (Å²) in [5, 5.41) is 3.62. The minimum absolute atomic E-state index is 0.0455. The number of nitrogens with one attached hydrogen (secondary N) is 1. The summed E-state index contributed by atoms with van der Waals surface area (Å²) < 4.78 is 26.1. The molecule has 1 N–H and O–H groups in total. The van der Waals surface area contributed by atoms with E-state index in [2.05, 4.69) is 5.32 Å². The lowest BCUT2D eigenvalue weighted by Gasteiger charge is -2.33. The highest BCUT2D eigenvalue weighted by Gasteiger charge is 2.32. The zero-order valence-electron chi connectivity index (χ0n) is 19.8. The smallest absolute Gasteiger partial charge is 0.244 e. The fraction of sp³-hybridized carbons (Fsp3) is 0.417. The van der Waals surface area contributed by atoms with Gasteiger partial charge in [0.25, 0.3) is 0 Å². The fourth-order valence-electron chi connectivity index (χ4n) is 3.42. The molecule has 0 saturated carbocycles. The van der Waals surface area contributed by atoms with Gasteiger partial charge in [-0.3, -0.25) is 13.9 Å². The number of carbonyl (C=O) groups is 2. The van der Waals surface area contributed by atoms with Crippen molar-refractivity contribution >= 4 is 50.7 Å². The number of carbonyl (C=O) groups excluding carboxylic acids is 2. The van der Waals surface area contributed by atoms with Gasteiger partial charge in [-0.2, -0.15) is 0 Å². The third kappa shape index (κ3) is 7.35. The lowest BCUT2D eigenvalue weighted by Crippen LogP contribution is -2.53. The van der Waals surface area contributed by atoms with Crippen molar-refractivity contribution in [2.75, 3.05) is 17.1 Å². The molecule has 0 bridgehead atoms. The first-order valence-electron chi connectivity index (χ1n) is 11.0. The van der Waals surface area contributed by atoms with Crippen molar-refractivity contribution in [3.05, 3.63) is 64.1 Å². The molecule has 0 aromatic heterocycles. The summed E-state index contributed by atoms with van der Waals surface area (Å²) in [4.78, 5) is 28.1. The van der Waals surface area contributed by atoms with Crippen molar-refractivity contribution in [2.45, 2.75) is 52.2 Å². The molecule has 0 saturated heterocycles. The number of anilines is 1. The first-order valence-corrected chi connectivity index (χ1v) is 13.6. The van der Waals surface area contributed by atoms with Crippen LogP contribution in [0.25, 0.3) is 0 Å². The molecule has 0 heterocycles. The predicted molar refractivity (Wildman–Crippen MR) is 138 cm³/mol. The summed E-state index contributed by atoms with van der Waals surface area (Å²) in [6, 6.07) is 12.4. The molecular formula is C24H31Cl2N3O4S. The van der Waals surface area contributed by atoms with E-state index in [0.717, 1.165) is 17.0 Å². The highest BCUT2D eigenvalue weighted by atomic mass is 35.5. The second-order valence-corrected chi connectivity index (χ2v) is 10.8. The number of benzene rings is 2. The van der Waals surface area contributed by atoms with Crippen LogP contribution in [0.3, 0.4) is 0 Å². The topological polar surface area (TPSA) is 86.8 Å². The van der Waals surface area contributed by atoms with Crippen molar-refractivity contribution in [1.82, 2.24) is 10.2 Å². The zero-order chi connectivity index (χ0) is 25.5. The van der Waals surface area contributed by atoms with Gasteiger partial charge < -0.3 is 10.2 Å². The number of rotatable bonds is 11. The number of para-hydroxylation sites is 1. The van der Waals surface area contributed by atoms with E-state index in [0.29, 0.717) is 27.7 Å². The molecule has 2 amide bonds. The SMILES string of the molecule is CCC(C)NC(=O)C(CC)N(Cc1c(Cl)cccc1Cl)C(=O)CN(c1ccccc1)S(C)(=O)=O. The van der Waals surface area contributed by atoms with Gasteiger partial charge in [-0.05, 0) is 44.0 Å². The molecule has 2 aromatic rings. The number of halogens is 2. The zero-order valence-corrected chi connectivity index (χ0v) is 22.1. The Labute approximate surface area is 212 Å². The number of sulfonamides is 1. The first-order chi connectivity index (χ1) is 16.0. The Balaban J connectivity index is 2.48. The summed E-state index contributed by atoms with van der Waals surface area (Å²) >= 11 is 12.7. The summed E-state index contributed by atoms with van der Waals surface area (Å²) in [7, 11) is -3.78. The molecule has 0 fully saturated rings. The molecule has 0 aliphatic carbocycles. The minimum Gasteiger partial charge on any atom is -0.352 e. The predicted octanol–water partition coefficient (Wildman–Crippen LogP) is 4.48. The highest BCUT2D eigenvalue weighted by Crippen LogP contribution is 2.27. The van der Waals surface area contributed by atoms with Gasteiger partial charge in [0, 0.05) is 28.2 Å². The summed E-state index contributed by atoms with van der Waals surface area (Å²) in [5.74, 6) is -0.865. The molecule has 0 aliphatic heterocycles. The maximum Gasteiger partial charge on any atom is 0.244 e. The fourth-order valence-corrected chi connectivity index (χ4v) is 4.79. The van der Waals surface area contributed by atoms with Gasteiger partial charge in [0.15, 0.2) is 0 Å². The van der Waals surface area contributed by atoms with E-state index in [1.54, 1.807) is 55.5 Å². The first kappa shape index (κ1) is 28.0. The number of hydrogen-bond acceptors (Lipinski definition) is 4. The molecule has 2 atom stereocenters. The normalized spacial score (nSPS) is 13.1. The van der Waals surface area contributed by atoms with Gasteiger partial charge in [-0.25, -0.2) is 8.42 Å². The average molecular weight is 529 g/mol. The number of amides is 2. The molecule has 2 rings (SSSR count). The number of nitrogens with zero attached hydrogens (tertiary/aromatic N) is 2. The minimum atomic E-state index is -3.78. The van der Waals surface area contributed by atoms with Crippen molar-refractivity contribution in [3.8, 4) is 0 Å². The molecule has 34 heavy (non-hydrogen) atoms. The largest absolute Gasteiger partial charge is 0.352 e. The van der Waals surface area contributed by atoms with Gasteiger partial charge in [0.2, 0.25) is 21.8 Å². The quantitative estimate of drug-likeness (QED) is 0.466. The van der Waals surface area contributed by atoms with Crippen LogP contribution in [0.1, 0.15) is 39.2 Å². The van der Waals surface area contributed by atoms with Crippen molar-refractivity contribution in [3.63, 3.8) is 0 Å². The number of hydrogen-bond donors (Lipinski definition) is 1. The summed E-state index contributed by atoms with van der Waals surface area (Å²) in [6.07, 6.45) is 2.08. The average Bonchev–Trinajstić information content (AvgIpc) is 2.78. The Hall–Kier alpha value is -2.29. The second-order valence-electron chi connectivity index (χ2n) is 8.07. The van der Waals surface area contributed by atoms with E-state index < -0.39 is 28.5 Å². The van der Waals surface area contributed by atoms with Gasteiger partial charge in [-0.1, -0.05) is 61.3 Å². The van der Waals surface area contributed by atoms with Crippen molar-refractivity contribution in [2.24, 2.45) is 0 Å². The van der Waals surface area contributed by atoms with E-state index in [1.165, 1.54) is 4.90 Å². The Morgan fingerprint density at radius 1 is 0.971 bits per heavy atom. The maximum atomic E-state index is 13.6. The molecular weight excluding hydrogens is 497 g/mol. The lowest BCUT2D eigenvalue weighted by atomic mass is 10.1. The molecule has 2 aromatic carbocycles. The molecule has 186 valence electrons. The maximum absolute atomic E-state index is 13.6. The highest BCUT2D eigenvalue weighted by molar-refractivity contribution is 7.92. The van der Waals surface area contributed by atoms with E-state index in [4.69, 9.17) is 23.2 Å². The van der Waals surface area contributed by atoms with Crippen LogP contribution in [-0.4, -0.2) is 50.0 Å². The molecule has 10 heteroatoms. The summed E-state index contributed by atoms with van der Waals surface area (Å²) in [5.41, 5.74) is 0.839. The van der Waals surface area contributed by atoms with Crippen LogP contribution < -0.4 is 9.62 Å². The van der Waals surface area contributed by atoms with Gasteiger partial charge >= 0.3 is 0 Å². The Morgan fingerprint density at radius 2 is 1.56 bits per heavy atom. The third-order valence-corrected chi connectivity index (χ3v) is 7.35. The third-order valence-electron chi connectivity index (χ3n) is 5.50. The second kappa shape index (κ2) is 12.4. The van der Waals surface area contributed by atoms with Crippen LogP contribution >= 0.6 is 23.2 Å². The van der Waals surface area contributed by atoms with E-state index in [-0.39, 0.29) is 18.5 Å². The van der Waals surface area contributed by atoms with E-state index >= 15 is 0 Å². The van der Waals surface area contributed by atoms with E-state index in [9.17, 15) is 18.0 Å². The lowest BCUT2D eigenvalue weighted by molar-refractivity contribution is -0.140. The van der Waals surface area contributed by atoms with Crippen LogP contribution in [0.5, 0.6) is 0 Å². The monoisotopic (exact) mass is 527 g/mol. The van der Waals surface area contributed by atoms with Crippen molar-refractivity contribution < 1.29 is 18.0 Å². The van der Waals surface area contributed by atoms with Gasteiger partial charge in [0.05, 0.1) is 11.9 Å². The van der Waals surface area contributed by atoms with Crippen LogP contribution in [0, 0.1) is 0 Å². The molecule has 2 unspecified atom stereocenters. The molecule has 0 radical (unpaired) electrons. The molecule has 0 spiro atoms. The van der Waals surface area contributed by atoms with Crippen LogP contribution in [-0.2, 0) is 26.2 Å². The Morgan fingerprint density at radius 3 is 2.06 bits per heavy atom.